The average Bonchev–Trinajstić information content (AvgIpc) is 1.82. The minimum absolute atomic E-state index is 0.580. The molecular weight excluding hydrogens is 156 g/mol. The van der Waals surface area contributed by atoms with Crippen LogP contribution in [0.2, 0.25) is 0 Å². The molecule has 0 aromatic rings. The number of carbonyl (C=O) groups is 1. The predicted octanol–water partition coefficient (Wildman–Crippen LogP) is 1.78. The molecule has 0 saturated heterocycles. The maximum Gasteiger partial charge on any atom is 0.300 e. The number of carboxylic acid groups (broad SMARTS) is 1. The molecule has 0 aliphatic heterocycles. The van der Waals surface area contributed by atoms with Gasteiger partial charge in [0.25, 0.3) is 5.97 Å². The summed E-state index contributed by atoms with van der Waals surface area (Å²) in [4.78, 5) is 9.00. The first kappa shape index (κ1) is 12.0. The van der Waals surface area contributed by atoms with Crippen LogP contribution in [0.1, 0.15) is 13.3 Å². The zero-order chi connectivity index (χ0) is 8.41. The van der Waals surface area contributed by atoms with Gasteiger partial charge >= 0.3 is 0 Å². The molecule has 0 saturated carbocycles. The molecule has 0 bridgehead atoms. The number of alkyl halides is 1. The van der Waals surface area contributed by atoms with E-state index in [4.69, 9.17) is 26.6 Å². The summed E-state index contributed by atoms with van der Waals surface area (Å²) in [6.07, 6.45) is 3.35. The van der Waals surface area contributed by atoms with Gasteiger partial charge in [-0.05, 0) is 12.5 Å². The van der Waals surface area contributed by atoms with E-state index in [9.17, 15) is 0 Å². The van der Waals surface area contributed by atoms with E-state index in [-0.39, 0.29) is 0 Å². The first-order valence-corrected chi connectivity index (χ1v) is 3.23. The van der Waals surface area contributed by atoms with Gasteiger partial charge in [0.15, 0.2) is 0 Å². The van der Waals surface area contributed by atoms with Gasteiger partial charge in [-0.15, -0.1) is 11.6 Å². The molecular formula is C6H11ClO3. The van der Waals surface area contributed by atoms with Crippen LogP contribution in [0, 0.1) is 0 Å². The normalized spacial score (nSPS) is 8.60. The Morgan fingerprint density at radius 2 is 2.10 bits per heavy atom. The van der Waals surface area contributed by atoms with Gasteiger partial charge in [-0.25, -0.2) is 0 Å². The van der Waals surface area contributed by atoms with Crippen molar-refractivity contribution in [3.8, 4) is 0 Å². The maximum atomic E-state index is 9.00. The van der Waals surface area contributed by atoms with Crippen molar-refractivity contribution in [2.75, 3.05) is 5.88 Å². The highest BCUT2D eigenvalue weighted by molar-refractivity contribution is 6.17. The van der Waals surface area contributed by atoms with Crippen molar-refractivity contribution in [1.82, 2.24) is 0 Å². The number of halogens is 1. The SMILES string of the molecule is CC(=O)O.OC=CCCCl. The molecule has 0 aliphatic carbocycles. The number of aliphatic hydroxyl groups excluding tert-OH is 1. The highest BCUT2D eigenvalue weighted by atomic mass is 35.5. The quantitative estimate of drug-likeness (QED) is 0.486. The molecule has 60 valence electrons. The molecule has 0 atom stereocenters. The number of allylic oxidation sites excluding steroid dienone is 1. The van der Waals surface area contributed by atoms with Crippen LogP contribution in [0.3, 0.4) is 0 Å². The van der Waals surface area contributed by atoms with Crippen molar-refractivity contribution >= 4 is 17.6 Å². The summed E-state index contributed by atoms with van der Waals surface area (Å²) in [6, 6.07) is 0. The fourth-order valence-electron chi connectivity index (χ4n) is 0.138. The Hall–Kier alpha value is -0.700. The molecule has 0 unspecified atom stereocenters. The second-order valence-electron chi connectivity index (χ2n) is 1.38. The van der Waals surface area contributed by atoms with Crippen LogP contribution in [0.4, 0.5) is 0 Å². The summed E-state index contributed by atoms with van der Waals surface area (Å²) in [5.74, 6) is -0.253. The van der Waals surface area contributed by atoms with Gasteiger partial charge in [0.05, 0.1) is 6.26 Å². The van der Waals surface area contributed by atoms with Crippen LogP contribution in [0.5, 0.6) is 0 Å². The Balaban J connectivity index is 0. The zero-order valence-electron chi connectivity index (χ0n) is 5.75. The van der Waals surface area contributed by atoms with E-state index in [1.165, 1.54) is 0 Å². The van der Waals surface area contributed by atoms with Crippen molar-refractivity contribution in [3.63, 3.8) is 0 Å². The summed E-state index contributed by atoms with van der Waals surface area (Å²) < 4.78 is 0. The van der Waals surface area contributed by atoms with Crippen LogP contribution >= 0.6 is 11.6 Å². The first-order valence-electron chi connectivity index (χ1n) is 2.69. The van der Waals surface area contributed by atoms with Gasteiger partial charge in [0.1, 0.15) is 0 Å². The molecule has 0 radical (unpaired) electrons. The molecule has 0 aromatic carbocycles. The van der Waals surface area contributed by atoms with Crippen LogP contribution in [0.25, 0.3) is 0 Å². The smallest absolute Gasteiger partial charge is 0.300 e. The molecule has 0 amide bonds. The molecule has 0 spiro atoms. The van der Waals surface area contributed by atoms with Crippen molar-refractivity contribution < 1.29 is 15.0 Å². The van der Waals surface area contributed by atoms with Gasteiger partial charge in [0.2, 0.25) is 0 Å². The molecule has 0 aliphatic rings. The van der Waals surface area contributed by atoms with E-state index >= 15 is 0 Å². The first-order chi connectivity index (χ1) is 4.65. The van der Waals surface area contributed by atoms with E-state index in [0.717, 1.165) is 19.6 Å². The third kappa shape index (κ3) is 54.8. The Kier molecular flexibility index (Phi) is 13.4. The van der Waals surface area contributed by atoms with Crippen LogP contribution in [0.15, 0.2) is 12.3 Å². The zero-order valence-corrected chi connectivity index (χ0v) is 6.51. The molecule has 10 heavy (non-hydrogen) atoms. The van der Waals surface area contributed by atoms with Crippen LogP contribution in [-0.2, 0) is 4.79 Å². The van der Waals surface area contributed by atoms with Crippen LogP contribution in [-0.4, -0.2) is 22.1 Å². The lowest BCUT2D eigenvalue weighted by Gasteiger charge is -1.74. The van der Waals surface area contributed by atoms with Crippen LogP contribution < -0.4 is 0 Å². The molecule has 0 heterocycles. The van der Waals surface area contributed by atoms with Gasteiger partial charge in [-0.1, -0.05) is 0 Å². The summed E-state index contributed by atoms with van der Waals surface area (Å²) >= 11 is 5.22. The molecule has 2 N–H and O–H groups in total. The summed E-state index contributed by atoms with van der Waals surface area (Å²) in [5, 5.41) is 15.4. The van der Waals surface area contributed by atoms with E-state index in [1.54, 1.807) is 6.08 Å². The van der Waals surface area contributed by atoms with E-state index in [0.29, 0.717) is 5.88 Å². The number of hydrogen-bond donors (Lipinski definition) is 2. The van der Waals surface area contributed by atoms with E-state index in [2.05, 4.69) is 0 Å². The van der Waals surface area contributed by atoms with Crippen molar-refractivity contribution in [1.29, 1.82) is 0 Å². The lowest BCUT2D eigenvalue weighted by molar-refractivity contribution is -0.134. The Labute approximate surface area is 64.9 Å². The second-order valence-corrected chi connectivity index (χ2v) is 1.76. The molecule has 3 nitrogen and oxygen atoms in total. The van der Waals surface area contributed by atoms with E-state index in [1.807, 2.05) is 0 Å². The van der Waals surface area contributed by atoms with E-state index < -0.39 is 5.97 Å². The minimum atomic E-state index is -0.833. The van der Waals surface area contributed by atoms with Crippen molar-refractivity contribution in [2.45, 2.75) is 13.3 Å². The summed E-state index contributed by atoms with van der Waals surface area (Å²) in [5.41, 5.74) is 0. The molecule has 0 fully saturated rings. The monoisotopic (exact) mass is 166 g/mol. The second kappa shape index (κ2) is 11.1. The fraction of sp³-hybridized carbons (Fsp3) is 0.500. The third-order valence-electron chi connectivity index (χ3n) is 0.381. The summed E-state index contributed by atoms with van der Waals surface area (Å²) in [7, 11) is 0. The number of carboxylic acids is 1. The molecule has 0 rings (SSSR count). The number of aliphatic hydroxyl groups is 1. The number of hydrogen-bond acceptors (Lipinski definition) is 2. The Morgan fingerprint density at radius 3 is 2.20 bits per heavy atom. The number of rotatable bonds is 2. The van der Waals surface area contributed by atoms with Crippen molar-refractivity contribution in [2.24, 2.45) is 0 Å². The lowest BCUT2D eigenvalue weighted by atomic mass is 10.5. The lowest BCUT2D eigenvalue weighted by Crippen LogP contribution is -1.78. The average molecular weight is 167 g/mol. The largest absolute Gasteiger partial charge is 0.516 e. The highest BCUT2D eigenvalue weighted by Gasteiger charge is 1.68. The third-order valence-corrected chi connectivity index (χ3v) is 0.599. The Morgan fingerprint density at radius 1 is 1.70 bits per heavy atom. The van der Waals surface area contributed by atoms with Gasteiger partial charge < -0.3 is 10.2 Å². The Bertz CT molecular complexity index is 97.2. The highest BCUT2D eigenvalue weighted by Crippen LogP contribution is 1.82. The van der Waals surface area contributed by atoms with Gasteiger partial charge in [-0.3, -0.25) is 4.79 Å². The van der Waals surface area contributed by atoms with Gasteiger partial charge in [-0.2, -0.15) is 0 Å². The number of aliphatic carboxylic acids is 1. The van der Waals surface area contributed by atoms with Crippen molar-refractivity contribution in [3.05, 3.63) is 12.3 Å². The molecule has 4 heteroatoms. The fourth-order valence-corrected chi connectivity index (χ4v) is 0.264. The maximum absolute atomic E-state index is 9.00. The van der Waals surface area contributed by atoms with Gasteiger partial charge in [0, 0.05) is 12.8 Å². The standard InChI is InChI=1S/C4H7ClO.C2H4O2/c5-3-1-2-4-6;1-2(3)4/h2,4,6H,1,3H2;1H3,(H,3,4). The minimum Gasteiger partial charge on any atom is -0.516 e. The predicted molar refractivity (Wildman–Crippen MR) is 40.4 cm³/mol. The topological polar surface area (TPSA) is 57.5 Å². The molecule has 0 aromatic heterocycles. The summed E-state index contributed by atoms with van der Waals surface area (Å²) in [6.45, 7) is 1.08.